The lowest BCUT2D eigenvalue weighted by molar-refractivity contribution is 0.438. The average Bonchev–Trinajstić information content (AvgIpc) is 2.44. The number of benzene rings is 1. The van der Waals surface area contributed by atoms with Gasteiger partial charge in [-0.15, -0.1) is 0 Å². The van der Waals surface area contributed by atoms with Crippen LogP contribution in [0, 0.1) is 18.8 Å². The zero-order valence-corrected chi connectivity index (χ0v) is 12.8. The molecular weight excluding hydrogens is 252 g/mol. The van der Waals surface area contributed by atoms with Crippen molar-refractivity contribution in [2.24, 2.45) is 11.8 Å². The van der Waals surface area contributed by atoms with Crippen molar-refractivity contribution in [1.29, 1.82) is 0 Å². The fourth-order valence-corrected chi connectivity index (χ4v) is 2.69. The van der Waals surface area contributed by atoms with E-state index in [1.165, 1.54) is 27.8 Å². The molecule has 1 aliphatic rings. The molecule has 112 valence electrons. The van der Waals surface area contributed by atoms with Gasteiger partial charge >= 0.3 is 0 Å². The summed E-state index contributed by atoms with van der Waals surface area (Å²) in [7, 11) is 0. The Morgan fingerprint density at radius 3 is 2.29 bits per heavy atom. The van der Waals surface area contributed by atoms with E-state index in [9.17, 15) is 0 Å². The fourth-order valence-electron chi connectivity index (χ4n) is 2.69. The van der Waals surface area contributed by atoms with Crippen LogP contribution in [0.5, 0.6) is 0 Å². The summed E-state index contributed by atoms with van der Waals surface area (Å²) >= 11 is 0. The van der Waals surface area contributed by atoms with Gasteiger partial charge in [-0.3, -0.25) is 0 Å². The van der Waals surface area contributed by atoms with Gasteiger partial charge in [0.15, 0.2) is 0 Å². The Balaban J connectivity index is 0.00000220. The lowest BCUT2D eigenvalue weighted by Crippen LogP contribution is -2.19. The van der Waals surface area contributed by atoms with E-state index in [1.54, 1.807) is 0 Å². The summed E-state index contributed by atoms with van der Waals surface area (Å²) in [6.45, 7) is 14.7. The highest BCUT2D eigenvalue weighted by molar-refractivity contribution is 5.63. The zero-order valence-electron chi connectivity index (χ0n) is 12.8. The maximum Gasteiger partial charge on any atom is -0.0155 e. The van der Waals surface area contributed by atoms with Crippen molar-refractivity contribution < 1.29 is 0 Å². The number of hydrogen-bond donors (Lipinski definition) is 0. The minimum Gasteiger partial charge on any atom is -0.0990 e. The number of rotatable bonds is 5. The lowest BCUT2D eigenvalue weighted by Gasteiger charge is -2.31. The molecule has 1 aromatic carbocycles. The zero-order chi connectivity index (χ0) is 14.7. The predicted molar refractivity (Wildman–Crippen MR) is 95.4 cm³/mol. The second kappa shape index (κ2) is 7.26. The Morgan fingerprint density at radius 1 is 1.14 bits per heavy atom. The van der Waals surface area contributed by atoms with Gasteiger partial charge in [-0.2, -0.15) is 0 Å². The van der Waals surface area contributed by atoms with Gasteiger partial charge < -0.3 is 0 Å². The van der Waals surface area contributed by atoms with Crippen molar-refractivity contribution in [1.82, 2.24) is 0 Å². The third-order valence-corrected chi connectivity index (χ3v) is 4.33. The van der Waals surface area contributed by atoms with Crippen LogP contribution in [0.4, 0.5) is 0 Å². The summed E-state index contributed by atoms with van der Waals surface area (Å²) in [4.78, 5) is 0. The van der Waals surface area contributed by atoms with Crippen molar-refractivity contribution in [2.75, 3.05) is 0 Å². The molecule has 0 bridgehead atoms. The van der Waals surface area contributed by atoms with Crippen LogP contribution in [0.25, 0.3) is 0 Å². The lowest BCUT2D eigenvalue weighted by atomic mass is 9.74. The van der Waals surface area contributed by atoms with E-state index in [0.717, 1.165) is 6.42 Å². The summed E-state index contributed by atoms with van der Waals surface area (Å²) in [6.07, 6.45) is 7.23. The maximum atomic E-state index is 4.18. The molecule has 0 N–H and O–H groups in total. The van der Waals surface area contributed by atoms with Crippen LogP contribution in [-0.2, 0) is 6.42 Å². The molecule has 0 heterocycles. The molecule has 2 rings (SSSR count). The third kappa shape index (κ3) is 3.85. The predicted octanol–water partition coefficient (Wildman–Crippen LogP) is 6.05. The molecule has 0 spiro atoms. The molecule has 0 heteroatoms. The van der Waals surface area contributed by atoms with Gasteiger partial charge in [-0.25, -0.2) is 0 Å². The van der Waals surface area contributed by atoms with Crippen molar-refractivity contribution in [3.05, 3.63) is 83.5 Å². The molecule has 21 heavy (non-hydrogen) atoms. The third-order valence-electron chi connectivity index (χ3n) is 4.33. The Kier molecular flexibility index (Phi) is 5.96. The number of hydrogen-bond acceptors (Lipinski definition) is 0. The highest BCUT2D eigenvalue weighted by atomic mass is 14.3. The van der Waals surface area contributed by atoms with Crippen molar-refractivity contribution in [3.63, 3.8) is 0 Å². The molecule has 0 saturated carbocycles. The normalized spacial score (nSPS) is 18.3. The van der Waals surface area contributed by atoms with E-state index >= 15 is 0 Å². The molecule has 1 aromatic rings. The Hall–Kier alpha value is -1.82. The van der Waals surface area contributed by atoms with Gasteiger partial charge in [0.1, 0.15) is 0 Å². The van der Waals surface area contributed by atoms with Gasteiger partial charge in [0, 0.05) is 0 Å². The van der Waals surface area contributed by atoms with E-state index in [1.807, 2.05) is 12.2 Å². The standard InChI is InChI=1S/C20H24.CH4/c1-6-7-19-13-20(17(19)5)16(4)15(3)12-18-10-8-14(2)9-11-18;/h6-11,13,15-16H,1,5,12H2,2-4H3;1H4/b19-7-;/t15?,16-;/m1./s1. The van der Waals surface area contributed by atoms with Gasteiger partial charge in [0.05, 0.1) is 0 Å². The topological polar surface area (TPSA) is 0 Å². The van der Waals surface area contributed by atoms with Crippen LogP contribution < -0.4 is 0 Å². The Labute approximate surface area is 130 Å². The minimum absolute atomic E-state index is 0. The molecule has 1 aliphatic carbocycles. The van der Waals surface area contributed by atoms with Crippen LogP contribution in [-0.4, -0.2) is 0 Å². The molecule has 0 aliphatic heterocycles. The molecule has 0 aromatic heterocycles. The molecule has 2 atom stereocenters. The first-order chi connectivity index (χ1) is 9.52. The fraction of sp³-hybridized carbons (Fsp3) is 0.333. The Morgan fingerprint density at radius 2 is 1.76 bits per heavy atom. The molecule has 0 amide bonds. The highest BCUT2D eigenvalue weighted by Crippen LogP contribution is 2.39. The van der Waals surface area contributed by atoms with Gasteiger partial charge in [-0.1, -0.05) is 82.5 Å². The smallest absolute Gasteiger partial charge is 0.0155 e. The molecule has 0 saturated heterocycles. The van der Waals surface area contributed by atoms with Crippen LogP contribution in [0.2, 0.25) is 0 Å². The van der Waals surface area contributed by atoms with E-state index in [2.05, 4.69) is 64.3 Å². The molecular formula is C21H28. The van der Waals surface area contributed by atoms with Crippen LogP contribution in [0.15, 0.2) is 72.4 Å². The Bertz CT molecular complexity index is 567. The van der Waals surface area contributed by atoms with Gasteiger partial charge in [0.2, 0.25) is 0 Å². The molecule has 0 radical (unpaired) electrons. The quantitative estimate of drug-likeness (QED) is 0.615. The summed E-state index contributed by atoms with van der Waals surface area (Å²) in [6, 6.07) is 8.87. The van der Waals surface area contributed by atoms with Crippen LogP contribution in [0.1, 0.15) is 32.4 Å². The minimum atomic E-state index is 0. The van der Waals surface area contributed by atoms with E-state index < -0.39 is 0 Å². The number of aryl methyl sites for hydroxylation is 1. The van der Waals surface area contributed by atoms with Crippen LogP contribution in [0.3, 0.4) is 0 Å². The average molecular weight is 280 g/mol. The molecule has 0 fully saturated rings. The van der Waals surface area contributed by atoms with Gasteiger partial charge in [0.25, 0.3) is 0 Å². The van der Waals surface area contributed by atoms with Gasteiger partial charge in [-0.05, 0) is 47.5 Å². The largest absolute Gasteiger partial charge is 0.0990 e. The number of allylic oxidation sites excluding steroid dienone is 6. The summed E-state index contributed by atoms with van der Waals surface area (Å²) < 4.78 is 0. The van der Waals surface area contributed by atoms with Crippen LogP contribution >= 0.6 is 0 Å². The summed E-state index contributed by atoms with van der Waals surface area (Å²) in [5.41, 5.74) is 6.56. The summed E-state index contributed by atoms with van der Waals surface area (Å²) in [5, 5.41) is 0. The van der Waals surface area contributed by atoms with E-state index in [0.29, 0.717) is 11.8 Å². The monoisotopic (exact) mass is 280 g/mol. The van der Waals surface area contributed by atoms with Crippen molar-refractivity contribution in [2.45, 2.75) is 34.6 Å². The second-order valence-corrected chi connectivity index (χ2v) is 5.89. The van der Waals surface area contributed by atoms with E-state index in [4.69, 9.17) is 0 Å². The SMILES string of the molecule is C.C=C/C=C1/C=C([C@H](C)C(C)Cc2ccc(C)cc2)C1=C. The first-order valence-corrected chi connectivity index (χ1v) is 7.32. The van der Waals surface area contributed by atoms with Crippen molar-refractivity contribution >= 4 is 0 Å². The highest BCUT2D eigenvalue weighted by Gasteiger charge is 2.25. The van der Waals surface area contributed by atoms with Crippen molar-refractivity contribution in [3.8, 4) is 0 Å². The first kappa shape index (κ1) is 17.2. The maximum absolute atomic E-state index is 4.18. The summed E-state index contributed by atoms with van der Waals surface area (Å²) in [5.74, 6) is 1.16. The van der Waals surface area contributed by atoms with E-state index in [-0.39, 0.29) is 7.43 Å². The first-order valence-electron chi connectivity index (χ1n) is 7.32. The molecule has 0 nitrogen and oxygen atoms in total. The second-order valence-electron chi connectivity index (χ2n) is 5.89. The molecule has 1 unspecified atom stereocenters.